The van der Waals surface area contributed by atoms with Gasteiger partial charge < -0.3 is 14.9 Å². The van der Waals surface area contributed by atoms with Gasteiger partial charge in [0.05, 0.1) is 18.6 Å². The fourth-order valence-corrected chi connectivity index (χ4v) is 3.31. The zero-order valence-corrected chi connectivity index (χ0v) is 12.2. The molecule has 0 radical (unpaired) electrons. The standard InChI is InChI=1S/C16H22O4/c1-10(2)14(15(17)18)16(19)7-6-11-4-5-13(20-3)8-12(11)9-16/h4-5,8,10,14,19H,6-7,9H2,1-3H3,(H,17,18). The van der Waals surface area contributed by atoms with Crippen LogP contribution in [0.15, 0.2) is 18.2 Å². The summed E-state index contributed by atoms with van der Waals surface area (Å²) in [4.78, 5) is 11.5. The smallest absolute Gasteiger partial charge is 0.309 e. The number of carboxylic acids is 1. The molecule has 0 amide bonds. The highest BCUT2D eigenvalue weighted by Gasteiger charge is 2.45. The largest absolute Gasteiger partial charge is 0.497 e. The fourth-order valence-electron chi connectivity index (χ4n) is 3.31. The van der Waals surface area contributed by atoms with Gasteiger partial charge >= 0.3 is 5.97 Å². The van der Waals surface area contributed by atoms with Crippen LogP contribution in [-0.4, -0.2) is 28.9 Å². The van der Waals surface area contributed by atoms with E-state index in [4.69, 9.17) is 4.74 Å². The normalized spacial score (nSPS) is 23.2. The van der Waals surface area contributed by atoms with Crippen molar-refractivity contribution in [3.8, 4) is 5.75 Å². The first-order chi connectivity index (χ1) is 9.37. The first kappa shape index (κ1) is 14.9. The monoisotopic (exact) mass is 278 g/mol. The minimum atomic E-state index is -1.18. The number of benzene rings is 1. The van der Waals surface area contributed by atoms with Crippen LogP contribution in [0.1, 0.15) is 31.4 Å². The van der Waals surface area contributed by atoms with Gasteiger partial charge in [0.1, 0.15) is 5.75 Å². The Balaban J connectivity index is 2.34. The molecule has 110 valence electrons. The third-order valence-electron chi connectivity index (χ3n) is 4.25. The molecule has 1 aromatic carbocycles. The number of rotatable bonds is 4. The lowest BCUT2D eigenvalue weighted by atomic mass is 9.69. The van der Waals surface area contributed by atoms with Crippen LogP contribution in [0.2, 0.25) is 0 Å². The van der Waals surface area contributed by atoms with Crippen LogP contribution in [0.25, 0.3) is 0 Å². The van der Waals surface area contributed by atoms with Crippen molar-refractivity contribution in [2.45, 2.75) is 38.7 Å². The average molecular weight is 278 g/mol. The van der Waals surface area contributed by atoms with Gasteiger partial charge in [-0.2, -0.15) is 0 Å². The first-order valence-corrected chi connectivity index (χ1v) is 6.98. The van der Waals surface area contributed by atoms with Crippen LogP contribution in [-0.2, 0) is 17.6 Å². The topological polar surface area (TPSA) is 66.8 Å². The van der Waals surface area contributed by atoms with Crippen molar-refractivity contribution in [2.24, 2.45) is 11.8 Å². The van der Waals surface area contributed by atoms with Crippen LogP contribution in [0.5, 0.6) is 5.75 Å². The molecule has 0 aliphatic heterocycles. The maximum absolute atomic E-state index is 11.5. The number of hydrogen-bond acceptors (Lipinski definition) is 3. The SMILES string of the molecule is COc1ccc2c(c1)CC(O)(C(C(=O)O)C(C)C)CC2. The molecule has 0 spiro atoms. The minimum Gasteiger partial charge on any atom is -0.497 e. The molecule has 1 aliphatic carbocycles. The number of aliphatic hydroxyl groups is 1. The van der Waals surface area contributed by atoms with E-state index in [1.54, 1.807) is 7.11 Å². The van der Waals surface area contributed by atoms with Crippen LogP contribution in [0, 0.1) is 11.8 Å². The number of ether oxygens (including phenoxy) is 1. The number of carboxylic acid groups (broad SMARTS) is 1. The van der Waals surface area contributed by atoms with E-state index in [0.717, 1.165) is 11.3 Å². The van der Waals surface area contributed by atoms with E-state index in [1.165, 1.54) is 5.56 Å². The highest BCUT2D eigenvalue weighted by Crippen LogP contribution is 2.38. The molecule has 0 saturated carbocycles. The Morgan fingerprint density at radius 3 is 2.60 bits per heavy atom. The Morgan fingerprint density at radius 1 is 1.35 bits per heavy atom. The molecule has 1 aliphatic rings. The van der Waals surface area contributed by atoms with Gasteiger partial charge in [-0.05, 0) is 42.0 Å². The lowest BCUT2D eigenvalue weighted by Crippen LogP contribution is -2.49. The van der Waals surface area contributed by atoms with Crippen LogP contribution < -0.4 is 4.74 Å². The molecule has 4 heteroatoms. The number of hydrogen-bond donors (Lipinski definition) is 2. The molecule has 1 aromatic rings. The highest BCUT2D eigenvalue weighted by molar-refractivity contribution is 5.72. The van der Waals surface area contributed by atoms with Crippen molar-refractivity contribution in [3.05, 3.63) is 29.3 Å². The van der Waals surface area contributed by atoms with Crippen molar-refractivity contribution < 1.29 is 19.7 Å². The molecular weight excluding hydrogens is 256 g/mol. The summed E-state index contributed by atoms with van der Waals surface area (Å²) in [5.41, 5.74) is 0.979. The van der Waals surface area contributed by atoms with Gasteiger partial charge in [-0.3, -0.25) is 4.79 Å². The summed E-state index contributed by atoms with van der Waals surface area (Å²) in [6.07, 6.45) is 1.56. The number of aryl methyl sites for hydroxylation is 1. The molecule has 2 atom stereocenters. The van der Waals surface area contributed by atoms with E-state index in [1.807, 2.05) is 32.0 Å². The lowest BCUT2D eigenvalue weighted by molar-refractivity contribution is -0.156. The Hall–Kier alpha value is -1.55. The molecule has 2 rings (SSSR count). The van der Waals surface area contributed by atoms with Gasteiger partial charge in [-0.15, -0.1) is 0 Å². The Labute approximate surface area is 119 Å². The maximum atomic E-state index is 11.5. The summed E-state index contributed by atoms with van der Waals surface area (Å²) in [6, 6.07) is 5.80. The molecular formula is C16H22O4. The van der Waals surface area contributed by atoms with Crippen molar-refractivity contribution in [1.82, 2.24) is 0 Å². The summed E-state index contributed by atoms with van der Waals surface area (Å²) in [6.45, 7) is 3.69. The second-order valence-corrected chi connectivity index (χ2v) is 5.97. The van der Waals surface area contributed by atoms with E-state index in [-0.39, 0.29) is 5.92 Å². The second-order valence-electron chi connectivity index (χ2n) is 5.97. The maximum Gasteiger partial charge on any atom is 0.309 e. The quantitative estimate of drug-likeness (QED) is 0.886. The summed E-state index contributed by atoms with van der Waals surface area (Å²) >= 11 is 0. The molecule has 4 nitrogen and oxygen atoms in total. The van der Waals surface area contributed by atoms with E-state index < -0.39 is 17.5 Å². The summed E-state index contributed by atoms with van der Waals surface area (Å²) < 4.78 is 5.21. The van der Waals surface area contributed by atoms with Crippen molar-refractivity contribution >= 4 is 5.97 Å². The van der Waals surface area contributed by atoms with Crippen molar-refractivity contribution in [3.63, 3.8) is 0 Å². The van der Waals surface area contributed by atoms with Gasteiger partial charge in [0.15, 0.2) is 0 Å². The number of carbonyl (C=O) groups is 1. The van der Waals surface area contributed by atoms with Crippen LogP contribution >= 0.6 is 0 Å². The second kappa shape index (κ2) is 5.44. The van der Waals surface area contributed by atoms with Crippen LogP contribution in [0.4, 0.5) is 0 Å². The molecule has 0 saturated heterocycles. The predicted octanol–water partition coefficient (Wildman–Crippen LogP) is 2.27. The fraction of sp³-hybridized carbons (Fsp3) is 0.562. The van der Waals surface area contributed by atoms with Crippen molar-refractivity contribution in [2.75, 3.05) is 7.11 Å². The van der Waals surface area contributed by atoms with E-state index in [0.29, 0.717) is 19.3 Å². The van der Waals surface area contributed by atoms with Gasteiger partial charge in [0.2, 0.25) is 0 Å². The highest BCUT2D eigenvalue weighted by atomic mass is 16.5. The summed E-state index contributed by atoms with van der Waals surface area (Å²) in [5.74, 6) is -1.04. The summed E-state index contributed by atoms with van der Waals surface area (Å²) in [5, 5.41) is 20.3. The van der Waals surface area contributed by atoms with Crippen LogP contribution in [0.3, 0.4) is 0 Å². The summed E-state index contributed by atoms with van der Waals surface area (Å²) in [7, 11) is 1.60. The zero-order chi connectivity index (χ0) is 14.9. The molecule has 0 aromatic heterocycles. The molecule has 0 fully saturated rings. The molecule has 2 N–H and O–H groups in total. The predicted molar refractivity (Wildman–Crippen MR) is 75.9 cm³/mol. The lowest BCUT2D eigenvalue weighted by Gasteiger charge is -2.39. The number of methoxy groups -OCH3 is 1. The van der Waals surface area contributed by atoms with Gasteiger partial charge in [-0.1, -0.05) is 19.9 Å². The molecule has 2 unspecified atom stereocenters. The first-order valence-electron chi connectivity index (χ1n) is 6.98. The van der Waals surface area contributed by atoms with E-state index >= 15 is 0 Å². The van der Waals surface area contributed by atoms with Gasteiger partial charge in [0, 0.05) is 6.42 Å². The van der Waals surface area contributed by atoms with E-state index in [9.17, 15) is 15.0 Å². The van der Waals surface area contributed by atoms with Gasteiger partial charge in [0.25, 0.3) is 0 Å². The molecule has 20 heavy (non-hydrogen) atoms. The zero-order valence-electron chi connectivity index (χ0n) is 12.2. The third-order valence-corrected chi connectivity index (χ3v) is 4.25. The Kier molecular flexibility index (Phi) is 4.04. The average Bonchev–Trinajstić information content (AvgIpc) is 2.36. The Morgan fingerprint density at radius 2 is 2.05 bits per heavy atom. The third kappa shape index (κ3) is 2.66. The van der Waals surface area contributed by atoms with E-state index in [2.05, 4.69) is 0 Å². The number of aliphatic carboxylic acids is 1. The van der Waals surface area contributed by atoms with Crippen molar-refractivity contribution in [1.29, 1.82) is 0 Å². The van der Waals surface area contributed by atoms with Gasteiger partial charge in [-0.25, -0.2) is 0 Å². The molecule has 0 bridgehead atoms. The Bertz CT molecular complexity index is 509. The number of fused-ring (bicyclic) bond motifs is 1. The molecule has 0 heterocycles. The minimum absolute atomic E-state index is 0.107.